The summed E-state index contributed by atoms with van der Waals surface area (Å²) in [6.45, 7) is 6.09. The molecular formula is C9H18O3S. The predicted molar refractivity (Wildman–Crippen MR) is 54.0 cm³/mol. The van der Waals surface area contributed by atoms with Crippen molar-refractivity contribution in [2.75, 3.05) is 12.4 Å². The van der Waals surface area contributed by atoms with Gasteiger partial charge in [0.2, 0.25) is 0 Å². The average Bonchev–Trinajstić information content (AvgIpc) is 2.13. The Morgan fingerprint density at radius 1 is 1.46 bits per heavy atom. The third-order valence-corrected chi connectivity index (χ3v) is 3.67. The summed E-state index contributed by atoms with van der Waals surface area (Å²) >= 11 is 0. The van der Waals surface area contributed by atoms with Crippen molar-refractivity contribution in [3.8, 4) is 0 Å². The maximum absolute atomic E-state index is 11.4. The molecule has 0 aliphatic rings. The van der Waals surface area contributed by atoms with E-state index in [2.05, 4.69) is 0 Å². The molecule has 0 aliphatic heterocycles. The van der Waals surface area contributed by atoms with Crippen molar-refractivity contribution in [3.05, 3.63) is 0 Å². The Kier molecular flexibility index (Phi) is 6.86. The van der Waals surface area contributed by atoms with Gasteiger partial charge in [0.15, 0.2) is 0 Å². The molecule has 0 radical (unpaired) electrons. The van der Waals surface area contributed by atoms with Crippen molar-refractivity contribution in [3.63, 3.8) is 0 Å². The van der Waals surface area contributed by atoms with Gasteiger partial charge in [-0.25, -0.2) is 0 Å². The van der Waals surface area contributed by atoms with Gasteiger partial charge in [0.25, 0.3) is 0 Å². The Labute approximate surface area is 82.3 Å². The second-order valence-electron chi connectivity index (χ2n) is 2.86. The number of hydrogen-bond donors (Lipinski definition) is 0. The molecule has 0 aromatic carbocycles. The van der Waals surface area contributed by atoms with E-state index in [1.54, 1.807) is 6.92 Å². The van der Waals surface area contributed by atoms with Crippen LogP contribution in [0.5, 0.6) is 0 Å². The molecular weight excluding hydrogens is 188 g/mol. The molecule has 3 nitrogen and oxygen atoms in total. The molecule has 0 saturated heterocycles. The summed E-state index contributed by atoms with van der Waals surface area (Å²) in [4.78, 5) is 10.9. The molecule has 0 amide bonds. The highest BCUT2D eigenvalue weighted by Crippen LogP contribution is 2.02. The Balaban J connectivity index is 3.63. The van der Waals surface area contributed by atoms with E-state index in [4.69, 9.17) is 4.74 Å². The molecule has 2 atom stereocenters. The van der Waals surface area contributed by atoms with Crippen LogP contribution in [0.3, 0.4) is 0 Å². The molecule has 0 spiro atoms. The standard InChI is InChI=1S/C9H18O3S/c1-4-8(3)13(11)7-6-9(10)12-5-2/h8H,4-7H2,1-3H3. The van der Waals surface area contributed by atoms with E-state index in [1.807, 2.05) is 13.8 Å². The van der Waals surface area contributed by atoms with Gasteiger partial charge in [-0.3, -0.25) is 9.00 Å². The van der Waals surface area contributed by atoms with Crippen LogP contribution in [-0.2, 0) is 20.3 Å². The maximum atomic E-state index is 11.4. The van der Waals surface area contributed by atoms with Crippen molar-refractivity contribution in [1.82, 2.24) is 0 Å². The first-order valence-electron chi connectivity index (χ1n) is 4.64. The molecule has 0 aromatic rings. The van der Waals surface area contributed by atoms with E-state index in [0.29, 0.717) is 12.4 Å². The summed E-state index contributed by atoms with van der Waals surface area (Å²) in [5.41, 5.74) is 0. The van der Waals surface area contributed by atoms with Crippen molar-refractivity contribution in [2.45, 2.75) is 38.9 Å². The van der Waals surface area contributed by atoms with E-state index < -0.39 is 10.8 Å². The van der Waals surface area contributed by atoms with Crippen LogP contribution in [0.2, 0.25) is 0 Å². The Bertz CT molecular complexity index is 180. The molecule has 4 heteroatoms. The Morgan fingerprint density at radius 3 is 2.54 bits per heavy atom. The third-order valence-electron chi connectivity index (χ3n) is 1.84. The molecule has 0 heterocycles. The van der Waals surface area contributed by atoms with Crippen molar-refractivity contribution in [1.29, 1.82) is 0 Å². The van der Waals surface area contributed by atoms with Gasteiger partial charge < -0.3 is 4.74 Å². The summed E-state index contributed by atoms with van der Waals surface area (Å²) in [6, 6.07) is 0. The molecule has 0 aliphatic carbocycles. The molecule has 13 heavy (non-hydrogen) atoms. The minimum absolute atomic E-state index is 0.175. The van der Waals surface area contributed by atoms with Crippen LogP contribution in [0, 0.1) is 0 Å². The second kappa shape index (κ2) is 7.06. The number of ether oxygens (including phenoxy) is 1. The fourth-order valence-electron chi connectivity index (χ4n) is 0.804. The van der Waals surface area contributed by atoms with Gasteiger partial charge in [-0.15, -0.1) is 0 Å². The number of carbonyl (C=O) groups is 1. The maximum Gasteiger partial charge on any atom is 0.306 e. The summed E-state index contributed by atoms with van der Waals surface area (Å²) < 4.78 is 16.1. The van der Waals surface area contributed by atoms with Crippen LogP contribution in [-0.4, -0.2) is 27.8 Å². The molecule has 0 N–H and O–H groups in total. The number of esters is 1. The van der Waals surface area contributed by atoms with Crippen LogP contribution < -0.4 is 0 Å². The predicted octanol–water partition coefficient (Wildman–Crippen LogP) is 1.49. The van der Waals surface area contributed by atoms with E-state index >= 15 is 0 Å². The highest BCUT2D eigenvalue weighted by molar-refractivity contribution is 7.85. The van der Waals surface area contributed by atoms with Crippen molar-refractivity contribution >= 4 is 16.8 Å². The molecule has 0 aromatic heterocycles. The molecule has 0 saturated carbocycles. The van der Waals surface area contributed by atoms with Gasteiger partial charge in [-0.2, -0.15) is 0 Å². The summed E-state index contributed by atoms with van der Waals surface area (Å²) in [6.07, 6.45) is 1.15. The zero-order chi connectivity index (χ0) is 10.3. The lowest BCUT2D eigenvalue weighted by atomic mass is 10.4. The number of rotatable bonds is 6. The van der Waals surface area contributed by atoms with Crippen LogP contribution in [0.15, 0.2) is 0 Å². The van der Waals surface area contributed by atoms with Gasteiger partial charge in [0.05, 0.1) is 13.0 Å². The Morgan fingerprint density at radius 2 is 2.08 bits per heavy atom. The molecule has 0 rings (SSSR count). The molecule has 0 bridgehead atoms. The fourth-order valence-corrected chi connectivity index (χ4v) is 1.95. The molecule has 2 unspecified atom stereocenters. The zero-order valence-electron chi connectivity index (χ0n) is 8.54. The largest absolute Gasteiger partial charge is 0.466 e. The second-order valence-corrected chi connectivity index (χ2v) is 4.83. The van der Waals surface area contributed by atoms with Crippen LogP contribution in [0.4, 0.5) is 0 Å². The van der Waals surface area contributed by atoms with E-state index in [0.717, 1.165) is 6.42 Å². The van der Waals surface area contributed by atoms with Gasteiger partial charge in [-0.05, 0) is 13.3 Å². The van der Waals surface area contributed by atoms with Crippen LogP contribution in [0.1, 0.15) is 33.6 Å². The monoisotopic (exact) mass is 206 g/mol. The minimum atomic E-state index is -0.890. The van der Waals surface area contributed by atoms with Crippen LogP contribution >= 0.6 is 0 Å². The lowest BCUT2D eigenvalue weighted by Crippen LogP contribution is -2.16. The first kappa shape index (κ1) is 12.6. The lowest BCUT2D eigenvalue weighted by Gasteiger charge is -2.07. The minimum Gasteiger partial charge on any atom is -0.466 e. The topological polar surface area (TPSA) is 43.4 Å². The van der Waals surface area contributed by atoms with Gasteiger partial charge in [0, 0.05) is 21.8 Å². The van der Waals surface area contributed by atoms with Gasteiger partial charge in [-0.1, -0.05) is 13.8 Å². The van der Waals surface area contributed by atoms with Crippen LogP contribution in [0.25, 0.3) is 0 Å². The summed E-state index contributed by atoms with van der Waals surface area (Å²) in [5, 5.41) is 0.175. The fraction of sp³-hybridized carbons (Fsp3) is 0.889. The lowest BCUT2D eigenvalue weighted by molar-refractivity contribution is -0.142. The average molecular weight is 206 g/mol. The zero-order valence-corrected chi connectivity index (χ0v) is 9.36. The SMILES string of the molecule is CCOC(=O)CCS(=O)C(C)CC. The summed E-state index contributed by atoms with van der Waals surface area (Å²) in [7, 11) is -0.890. The number of hydrogen-bond acceptors (Lipinski definition) is 3. The quantitative estimate of drug-likeness (QED) is 0.618. The van der Waals surface area contributed by atoms with Gasteiger partial charge >= 0.3 is 5.97 Å². The molecule has 0 fully saturated rings. The highest BCUT2D eigenvalue weighted by atomic mass is 32.2. The van der Waals surface area contributed by atoms with E-state index in [1.165, 1.54) is 0 Å². The third kappa shape index (κ3) is 5.80. The highest BCUT2D eigenvalue weighted by Gasteiger charge is 2.11. The number of carbonyl (C=O) groups excluding carboxylic acids is 1. The van der Waals surface area contributed by atoms with E-state index in [9.17, 15) is 9.00 Å². The Hall–Kier alpha value is -0.380. The molecule has 78 valence electrons. The van der Waals surface area contributed by atoms with Crippen molar-refractivity contribution in [2.24, 2.45) is 0 Å². The normalized spacial score (nSPS) is 15.0. The first-order valence-corrected chi connectivity index (χ1v) is 6.02. The first-order chi connectivity index (χ1) is 6.11. The van der Waals surface area contributed by atoms with Gasteiger partial charge in [0.1, 0.15) is 0 Å². The summed E-state index contributed by atoms with van der Waals surface area (Å²) in [5.74, 6) is 0.174. The smallest absolute Gasteiger partial charge is 0.306 e. The van der Waals surface area contributed by atoms with Crippen molar-refractivity contribution < 1.29 is 13.7 Å². The van der Waals surface area contributed by atoms with E-state index in [-0.39, 0.29) is 17.6 Å².